The minimum atomic E-state index is -0.139. The first-order valence-corrected chi connectivity index (χ1v) is 5.37. The summed E-state index contributed by atoms with van der Waals surface area (Å²) in [4.78, 5) is 21.3. The second-order valence-electron chi connectivity index (χ2n) is 4.04. The molecule has 0 aliphatic rings. The van der Waals surface area contributed by atoms with Crippen molar-refractivity contribution in [3.63, 3.8) is 0 Å². The Morgan fingerprint density at radius 3 is 2.71 bits per heavy atom. The van der Waals surface area contributed by atoms with Crippen molar-refractivity contribution in [1.29, 1.82) is 0 Å². The Labute approximate surface area is 97.3 Å². The lowest BCUT2D eigenvalue weighted by atomic mass is 10.0. The summed E-state index contributed by atoms with van der Waals surface area (Å²) in [5, 5.41) is 0. The predicted molar refractivity (Wildman–Crippen MR) is 66.9 cm³/mol. The molecular formula is C13H11N3O. The van der Waals surface area contributed by atoms with Crippen LogP contribution in [0.5, 0.6) is 0 Å². The van der Waals surface area contributed by atoms with Gasteiger partial charge in [0.25, 0.3) is 0 Å². The molecule has 4 nitrogen and oxygen atoms in total. The highest BCUT2D eigenvalue weighted by atomic mass is 16.1. The molecule has 4 heteroatoms. The van der Waals surface area contributed by atoms with E-state index in [0.717, 1.165) is 16.6 Å². The molecule has 0 aliphatic heterocycles. The van der Waals surface area contributed by atoms with Crippen LogP contribution in [-0.2, 0) is 0 Å². The van der Waals surface area contributed by atoms with E-state index >= 15 is 0 Å². The van der Waals surface area contributed by atoms with Crippen molar-refractivity contribution in [2.24, 2.45) is 0 Å². The number of imidazole rings is 1. The van der Waals surface area contributed by atoms with Crippen LogP contribution < -0.4 is 5.56 Å². The minimum absolute atomic E-state index is 0.139. The molecule has 0 aliphatic carbocycles. The summed E-state index contributed by atoms with van der Waals surface area (Å²) in [7, 11) is 0. The standard InChI is InChI=1S/C13H11N3O/c1-8-2-4-9(5-3-8)10-6-11(17)16-13-12(10)14-7-15-13/h2-7H,1H3,(H2,14,15,16,17). The average molecular weight is 225 g/mol. The van der Waals surface area contributed by atoms with Crippen molar-refractivity contribution >= 4 is 11.2 Å². The van der Waals surface area contributed by atoms with E-state index in [4.69, 9.17) is 0 Å². The summed E-state index contributed by atoms with van der Waals surface area (Å²) < 4.78 is 0. The van der Waals surface area contributed by atoms with Crippen molar-refractivity contribution in [3.8, 4) is 11.1 Å². The van der Waals surface area contributed by atoms with Crippen LogP contribution in [0.3, 0.4) is 0 Å². The molecule has 1 aromatic carbocycles. The first-order valence-electron chi connectivity index (χ1n) is 5.37. The Hall–Kier alpha value is -2.36. The van der Waals surface area contributed by atoms with Gasteiger partial charge in [-0.1, -0.05) is 29.8 Å². The molecule has 2 heterocycles. The number of H-pyrrole nitrogens is 2. The third kappa shape index (κ3) is 1.63. The summed E-state index contributed by atoms with van der Waals surface area (Å²) in [6, 6.07) is 9.65. The van der Waals surface area contributed by atoms with Crippen LogP contribution in [0.4, 0.5) is 0 Å². The average Bonchev–Trinajstić information content (AvgIpc) is 2.77. The predicted octanol–water partition coefficient (Wildman–Crippen LogP) is 2.23. The van der Waals surface area contributed by atoms with Gasteiger partial charge in [0.2, 0.25) is 5.56 Å². The zero-order valence-electron chi connectivity index (χ0n) is 9.32. The van der Waals surface area contributed by atoms with Crippen molar-refractivity contribution in [1.82, 2.24) is 15.0 Å². The molecule has 0 atom stereocenters. The maximum atomic E-state index is 11.5. The highest BCUT2D eigenvalue weighted by molar-refractivity contribution is 5.89. The first kappa shape index (κ1) is 9.84. The monoisotopic (exact) mass is 225 g/mol. The van der Waals surface area contributed by atoms with Crippen LogP contribution >= 0.6 is 0 Å². The van der Waals surface area contributed by atoms with Gasteiger partial charge in [-0.05, 0) is 12.5 Å². The highest BCUT2D eigenvalue weighted by Gasteiger charge is 2.07. The molecule has 0 spiro atoms. The number of pyridine rings is 1. The van der Waals surface area contributed by atoms with E-state index in [1.165, 1.54) is 5.56 Å². The lowest BCUT2D eigenvalue weighted by molar-refractivity contribution is 1.25. The number of aromatic nitrogens is 3. The van der Waals surface area contributed by atoms with E-state index in [1.54, 1.807) is 12.4 Å². The fraction of sp³-hybridized carbons (Fsp3) is 0.0769. The Morgan fingerprint density at radius 1 is 1.18 bits per heavy atom. The Morgan fingerprint density at radius 2 is 1.94 bits per heavy atom. The normalized spacial score (nSPS) is 10.9. The van der Waals surface area contributed by atoms with Crippen molar-refractivity contribution in [3.05, 3.63) is 52.6 Å². The maximum absolute atomic E-state index is 11.5. The third-order valence-corrected chi connectivity index (χ3v) is 2.79. The third-order valence-electron chi connectivity index (χ3n) is 2.79. The maximum Gasteiger partial charge on any atom is 0.250 e. The van der Waals surface area contributed by atoms with Gasteiger partial charge < -0.3 is 9.97 Å². The van der Waals surface area contributed by atoms with Gasteiger partial charge in [-0.25, -0.2) is 4.98 Å². The van der Waals surface area contributed by atoms with E-state index in [0.29, 0.717) is 5.65 Å². The second kappa shape index (κ2) is 3.59. The van der Waals surface area contributed by atoms with Gasteiger partial charge in [0, 0.05) is 11.6 Å². The fourth-order valence-electron chi connectivity index (χ4n) is 1.91. The summed E-state index contributed by atoms with van der Waals surface area (Å²) >= 11 is 0. The van der Waals surface area contributed by atoms with Crippen molar-refractivity contribution in [2.75, 3.05) is 0 Å². The largest absolute Gasteiger partial charge is 0.343 e. The number of benzene rings is 1. The number of aryl methyl sites for hydroxylation is 1. The molecule has 2 N–H and O–H groups in total. The van der Waals surface area contributed by atoms with E-state index in [2.05, 4.69) is 15.0 Å². The van der Waals surface area contributed by atoms with Gasteiger partial charge in [0.1, 0.15) is 0 Å². The van der Waals surface area contributed by atoms with Crippen LogP contribution in [0.2, 0.25) is 0 Å². The topological polar surface area (TPSA) is 61.5 Å². The Kier molecular flexibility index (Phi) is 2.08. The number of fused-ring (bicyclic) bond motifs is 1. The number of hydrogen-bond donors (Lipinski definition) is 2. The number of nitrogens with one attached hydrogen (secondary N) is 2. The molecule has 0 amide bonds. The smallest absolute Gasteiger partial charge is 0.250 e. The summed E-state index contributed by atoms with van der Waals surface area (Å²) in [6.45, 7) is 2.04. The van der Waals surface area contributed by atoms with Gasteiger partial charge in [0.05, 0.1) is 11.8 Å². The van der Waals surface area contributed by atoms with Crippen molar-refractivity contribution in [2.45, 2.75) is 6.92 Å². The number of nitrogens with zero attached hydrogens (tertiary/aromatic N) is 1. The summed E-state index contributed by atoms with van der Waals surface area (Å²) in [6.07, 6.45) is 1.58. The molecule has 2 aromatic heterocycles. The zero-order valence-corrected chi connectivity index (χ0v) is 9.32. The quantitative estimate of drug-likeness (QED) is 0.667. The number of aromatic amines is 2. The molecule has 3 rings (SSSR count). The molecule has 0 fully saturated rings. The molecule has 0 radical (unpaired) electrons. The van der Waals surface area contributed by atoms with Crippen LogP contribution in [0.15, 0.2) is 41.5 Å². The van der Waals surface area contributed by atoms with Gasteiger partial charge in [-0.15, -0.1) is 0 Å². The van der Waals surface area contributed by atoms with Crippen molar-refractivity contribution < 1.29 is 0 Å². The van der Waals surface area contributed by atoms with Crippen LogP contribution in [0.25, 0.3) is 22.3 Å². The first-order chi connectivity index (χ1) is 8.24. The minimum Gasteiger partial charge on any atom is -0.343 e. The van der Waals surface area contributed by atoms with Crippen LogP contribution in [0.1, 0.15) is 5.56 Å². The summed E-state index contributed by atoms with van der Waals surface area (Å²) in [5.41, 5.74) is 4.39. The van der Waals surface area contributed by atoms with Gasteiger partial charge in [-0.2, -0.15) is 0 Å². The highest BCUT2D eigenvalue weighted by Crippen LogP contribution is 2.23. The molecular weight excluding hydrogens is 214 g/mol. The van der Waals surface area contributed by atoms with E-state index in [1.807, 2.05) is 31.2 Å². The fourth-order valence-corrected chi connectivity index (χ4v) is 1.91. The van der Waals surface area contributed by atoms with Gasteiger partial charge >= 0.3 is 0 Å². The molecule has 0 saturated heterocycles. The van der Waals surface area contributed by atoms with E-state index < -0.39 is 0 Å². The van der Waals surface area contributed by atoms with E-state index in [9.17, 15) is 4.79 Å². The molecule has 0 saturated carbocycles. The molecule has 0 bridgehead atoms. The van der Waals surface area contributed by atoms with Crippen LogP contribution in [-0.4, -0.2) is 15.0 Å². The number of rotatable bonds is 1. The van der Waals surface area contributed by atoms with Gasteiger partial charge in [0.15, 0.2) is 5.65 Å². The number of hydrogen-bond acceptors (Lipinski definition) is 2. The molecule has 3 aromatic rings. The SMILES string of the molecule is Cc1ccc(-c2cc(=O)[nH]c3nc[nH]c23)cc1. The second-order valence-corrected chi connectivity index (χ2v) is 4.04. The molecule has 0 unspecified atom stereocenters. The van der Waals surface area contributed by atoms with Crippen LogP contribution in [0, 0.1) is 6.92 Å². The molecule has 17 heavy (non-hydrogen) atoms. The van der Waals surface area contributed by atoms with Gasteiger partial charge in [-0.3, -0.25) is 4.79 Å². The Balaban J connectivity index is 2.32. The lowest BCUT2D eigenvalue weighted by Gasteiger charge is -2.03. The zero-order chi connectivity index (χ0) is 11.8. The Bertz CT molecular complexity index is 722. The molecule has 84 valence electrons. The summed E-state index contributed by atoms with van der Waals surface area (Å²) in [5.74, 6) is 0. The lowest BCUT2D eigenvalue weighted by Crippen LogP contribution is -2.04. The van der Waals surface area contributed by atoms with E-state index in [-0.39, 0.29) is 5.56 Å².